The maximum Gasteiger partial charge on any atom is 0.258 e. The zero-order valence-electron chi connectivity index (χ0n) is 16.0. The molecule has 0 unspecified atom stereocenters. The van der Waals surface area contributed by atoms with Crippen LogP contribution in [0.15, 0.2) is 41.4 Å². The Balaban J connectivity index is 1.40. The van der Waals surface area contributed by atoms with Crippen molar-refractivity contribution in [2.75, 3.05) is 19.7 Å². The number of amides is 1. The molecule has 0 aliphatic heterocycles. The van der Waals surface area contributed by atoms with Crippen LogP contribution in [0.1, 0.15) is 38.2 Å². The predicted octanol–water partition coefficient (Wildman–Crippen LogP) is 2.16. The summed E-state index contributed by atoms with van der Waals surface area (Å²) in [6, 6.07) is 8.72. The van der Waals surface area contributed by atoms with E-state index in [0.717, 1.165) is 56.9 Å². The van der Waals surface area contributed by atoms with Crippen molar-refractivity contribution in [3.63, 3.8) is 0 Å². The molecule has 2 aliphatic carbocycles. The summed E-state index contributed by atoms with van der Waals surface area (Å²) in [5.41, 5.74) is 1.20. The molecule has 6 nitrogen and oxygen atoms in total. The van der Waals surface area contributed by atoms with E-state index in [4.69, 9.17) is 4.74 Å². The number of carbonyl (C=O) groups is 1. The highest BCUT2D eigenvalue weighted by Crippen LogP contribution is 2.18. The average Bonchev–Trinajstić information content (AvgIpc) is 3.33. The van der Waals surface area contributed by atoms with Gasteiger partial charge in [-0.2, -0.15) is 0 Å². The zero-order chi connectivity index (χ0) is 18.9. The van der Waals surface area contributed by atoms with Gasteiger partial charge in [0.1, 0.15) is 5.75 Å². The fraction of sp³-hybridized carbons (Fsp3) is 0.524. The number of carbonyl (C=O) groups excluding carboxylic acids is 1. The molecule has 146 valence electrons. The minimum absolute atomic E-state index is 0.0446. The fourth-order valence-electron chi connectivity index (χ4n) is 2.94. The van der Waals surface area contributed by atoms with E-state index in [2.05, 4.69) is 40.0 Å². The SMILES string of the molecule is CCNC(=NCCc1ccc(OCC(=O)NC2CC2)cc1)NC1CC=CC1. The summed E-state index contributed by atoms with van der Waals surface area (Å²) >= 11 is 0. The van der Waals surface area contributed by atoms with Crippen LogP contribution in [0.3, 0.4) is 0 Å². The van der Waals surface area contributed by atoms with Crippen LogP contribution in [0.5, 0.6) is 5.75 Å². The van der Waals surface area contributed by atoms with E-state index in [1.807, 2.05) is 24.3 Å². The van der Waals surface area contributed by atoms with Crippen LogP contribution in [0.4, 0.5) is 0 Å². The number of aliphatic imine (C=N–C) groups is 1. The van der Waals surface area contributed by atoms with Gasteiger partial charge in [-0.05, 0) is 56.7 Å². The van der Waals surface area contributed by atoms with Crippen LogP contribution >= 0.6 is 0 Å². The van der Waals surface area contributed by atoms with E-state index >= 15 is 0 Å². The number of rotatable bonds is 9. The highest BCUT2D eigenvalue weighted by Gasteiger charge is 2.23. The summed E-state index contributed by atoms with van der Waals surface area (Å²) in [7, 11) is 0. The zero-order valence-corrected chi connectivity index (χ0v) is 16.0. The van der Waals surface area contributed by atoms with Crippen molar-refractivity contribution in [1.29, 1.82) is 0 Å². The van der Waals surface area contributed by atoms with Gasteiger partial charge in [0.25, 0.3) is 5.91 Å². The second-order valence-corrected chi connectivity index (χ2v) is 7.07. The second kappa shape index (κ2) is 10.00. The average molecular weight is 370 g/mol. The molecule has 1 amide bonds. The summed E-state index contributed by atoms with van der Waals surface area (Å²) in [6.45, 7) is 3.73. The molecule has 2 aliphatic rings. The third-order valence-corrected chi connectivity index (χ3v) is 4.60. The molecule has 0 radical (unpaired) electrons. The van der Waals surface area contributed by atoms with Gasteiger partial charge in [-0.25, -0.2) is 0 Å². The summed E-state index contributed by atoms with van der Waals surface area (Å²) in [6.07, 6.45) is 9.58. The molecule has 0 spiro atoms. The topological polar surface area (TPSA) is 74.8 Å². The third kappa shape index (κ3) is 6.96. The molecule has 27 heavy (non-hydrogen) atoms. The lowest BCUT2D eigenvalue weighted by Gasteiger charge is -2.16. The van der Waals surface area contributed by atoms with Crippen LogP contribution in [-0.2, 0) is 11.2 Å². The largest absolute Gasteiger partial charge is 0.484 e. The number of nitrogens with one attached hydrogen (secondary N) is 3. The molecule has 0 heterocycles. The fourth-order valence-corrected chi connectivity index (χ4v) is 2.94. The molecular weight excluding hydrogens is 340 g/mol. The van der Waals surface area contributed by atoms with E-state index in [0.29, 0.717) is 12.1 Å². The van der Waals surface area contributed by atoms with Gasteiger partial charge >= 0.3 is 0 Å². The molecule has 0 atom stereocenters. The first-order valence-corrected chi connectivity index (χ1v) is 9.94. The molecule has 1 fully saturated rings. The van der Waals surface area contributed by atoms with Gasteiger partial charge in [-0.3, -0.25) is 9.79 Å². The third-order valence-electron chi connectivity index (χ3n) is 4.60. The first-order valence-electron chi connectivity index (χ1n) is 9.94. The first kappa shape index (κ1) is 19.3. The summed E-state index contributed by atoms with van der Waals surface area (Å²) in [4.78, 5) is 16.3. The Morgan fingerprint density at radius 2 is 1.85 bits per heavy atom. The Kier molecular flexibility index (Phi) is 7.13. The van der Waals surface area contributed by atoms with Crippen LogP contribution in [0.25, 0.3) is 0 Å². The van der Waals surface area contributed by atoms with Crippen molar-refractivity contribution in [1.82, 2.24) is 16.0 Å². The van der Waals surface area contributed by atoms with Crippen LogP contribution in [-0.4, -0.2) is 43.6 Å². The molecular formula is C21H30N4O2. The second-order valence-electron chi connectivity index (χ2n) is 7.07. The van der Waals surface area contributed by atoms with Crippen LogP contribution in [0.2, 0.25) is 0 Å². The molecule has 0 bridgehead atoms. The van der Waals surface area contributed by atoms with Crippen molar-refractivity contribution >= 4 is 11.9 Å². The molecule has 0 aromatic heterocycles. The smallest absolute Gasteiger partial charge is 0.258 e. The predicted molar refractivity (Wildman–Crippen MR) is 108 cm³/mol. The molecule has 0 saturated heterocycles. The van der Waals surface area contributed by atoms with Gasteiger partial charge in [0, 0.05) is 25.2 Å². The normalized spacial score (nSPS) is 17.0. The van der Waals surface area contributed by atoms with Gasteiger partial charge in [-0.15, -0.1) is 0 Å². The number of guanidine groups is 1. The lowest BCUT2D eigenvalue weighted by molar-refractivity contribution is -0.123. The van der Waals surface area contributed by atoms with Gasteiger partial charge in [0.2, 0.25) is 0 Å². The van der Waals surface area contributed by atoms with Gasteiger partial charge in [-0.1, -0.05) is 24.3 Å². The molecule has 1 aromatic rings. The maximum atomic E-state index is 11.6. The highest BCUT2D eigenvalue weighted by atomic mass is 16.5. The van der Waals surface area contributed by atoms with Gasteiger partial charge in [0.15, 0.2) is 12.6 Å². The van der Waals surface area contributed by atoms with Crippen molar-refractivity contribution < 1.29 is 9.53 Å². The Hall–Kier alpha value is -2.50. The minimum atomic E-state index is -0.0446. The van der Waals surface area contributed by atoms with Crippen molar-refractivity contribution in [2.24, 2.45) is 4.99 Å². The van der Waals surface area contributed by atoms with Crippen molar-refractivity contribution in [3.05, 3.63) is 42.0 Å². The first-order chi connectivity index (χ1) is 13.2. The molecule has 1 saturated carbocycles. The molecule has 6 heteroatoms. The van der Waals surface area contributed by atoms with Crippen LogP contribution in [0, 0.1) is 0 Å². The van der Waals surface area contributed by atoms with E-state index in [1.165, 1.54) is 5.56 Å². The standard InChI is InChI=1S/C21H30N4O2/c1-2-22-21(25-17-5-3-4-6-17)23-14-13-16-7-11-19(12-8-16)27-15-20(26)24-18-9-10-18/h3-4,7-8,11-12,17-18H,2,5-6,9-10,13-15H2,1H3,(H,24,26)(H2,22,23,25). The molecule has 3 rings (SSSR count). The Morgan fingerprint density at radius 3 is 2.52 bits per heavy atom. The minimum Gasteiger partial charge on any atom is -0.484 e. The quantitative estimate of drug-likeness (QED) is 0.354. The Bertz CT molecular complexity index is 657. The molecule has 3 N–H and O–H groups in total. The van der Waals surface area contributed by atoms with E-state index in [9.17, 15) is 4.79 Å². The summed E-state index contributed by atoms with van der Waals surface area (Å²) in [5.74, 6) is 1.56. The maximum absolute atomic E-state index is 11.6. The highest BCUT2D eigenvalue weighted by molar-refractivity contribution is 5.80. The Morgan fingerprint density at radius 1 is 1.11 bits per heavy atom. The van der Waals surface area contributed by atoms with Gasteiger partial charge in [0.05, 0.1) is 0 Å². The Labute approximate surface area is 161 Å². The van der Waals surface area contributed by atoms with Crippen molar-refractivity contribution in [3.8, 4) is 5.75 Å². The monoisotopic (exact) mass is 370 g/mol. The number of hydrogen-bond donors (Lipinski definition) is 3. The summed E-state index contributed by atoms with van der Waals surface area (Å²) in [5, 5.41) is 9.69. The van der Waals surface area contributed by atoms with Crippen molar-refractivity contribution in [2.45, 2.75) is 51.1 Å². The van der Waals surface area contributed by atoms with E-state index < -0.39 is 0 Å². The number of nitrogens with zero attached hydrogens (tertiary/aromatic N) is 1. The number of ether oxygens (including phenoxy) is 1. The summed E-state index contributed by atoms with van der Waals surface area (Å²) < 4.78 is 5.53. The van der Waals surface area contributed by atoms with Gasteiger partial charge < -0.3 is 20.7 Å². The lowest BCUT2D eigenvalue weighted by Crippen LogP contribution is -2.42. The lowest BCUT2D eigenvalue weighted by atomic mass is 10.1. The number of benzene rings is 1. The molecule has 1 aromatic carbocycles. The van der Waals surface area contributed by atoms with Crippen LogP contribution < -0.4 is 20.7 Å². The van der Waals surface area contributed by atoms with E-state index in [1.54, 1.807) is 0 Å². The number of hydrogen-bond acceptors (Lipinski definition) is 3. The van der Waals surface area contributed by atoms with E-state index in [-0.39, 0.29) is 12.5 Å².